The van der Waals surface area contributed by atoms with E-state index in [-0.39, 0.29) is 0 Å². The van der Waals surface area contributed by atoms with Crippen LogP contribution in [0.15, 0.2) is 24.3 Å². The van der Waals surface area contributed by atoms with Crippen LogP contribution in [0.1, 0.15) is 18.4 Å². The summed E-state index contributed by atoms with van der Waals surface area (Å²) in [6.45, 7) is 0.699. The largest absolute Gasteiger partial charge is 0.497 e. The maximum absolute atomic E-state index is 5.79. The van der Waals surface area contributed by atoms with Gasteiger partial charge in [-0.3, -0.25) is 0 Å². The molecule has 16 heavy (non-hydrogen) atoms. The Morgan fingerprint density at radius 3 is 2.50 bits per heavy atom. The molecule has 0 aromatic heterocycles. The molecule has 0 heterocycles. The Morgan fingerprint density at radius 1 is 1.25 bits per heavy atom. The van der Waals surface area contributed by atoms with Gasteiger partial charge in [0.25, 0.3) is 0 Å². The molecule has 0 unspecified atom stereocenters. The van der Waals surface area contributed by atoms with Gasteiger partial charge in [0, 0.05) is 6.04 Å². The van der Waals surface area contributed by atoms with Crippen molar-refractivity contribution in [3.8, 4) is 5.75 Å². The number of rotatable bonds is 5. The molecule has 88 valence electrons. The monoisotopic (exact) mass is 221 g/mol. The molecule has 0 saturated heterocycles. The molecule has 1 aromatic rings. The molecule has 1 N–H and O–H groups in total. The van der Waals surface area contributed by atoms with Gasteiger partial charge in [-0.15, -0.1) is 0 Å². The molecule has 0 aliphatic heterocycles. The third-order valence-electron chi connectivity index (χ3n) is 3.15. The first-order valence-corrected chi connectivity index (χ1v) is 5.73. The van der Waals surface area contributed by atoms with E-state index in [0.717, 1.165) is 18.6 Å². The minimum absolute atomic E-state index is 0.430. The number of hydrogen-bond acceptors (Lipinski definition) is 3. The summed E-state index contributed by atoms with van der Waals surface area (Å²) in [6, 6.07) is 8.69. The lowest BCUT2D eigenvalue weighted by Crippen LogP contribution is -2.43. The molecule has 3 nitrogen and oxygen atoms in total. The lowest BCUT2D eigenvalue weighted by molar-refractivity contribution is -0.0250. The maximum Gasteiger partial charge on any atom is 0.118 e. The van der Waals surface area contributed by atoms with E-state index in [0.29, 0.717) is 18.8 Å². The predicted octanol–water partition coefficient (Wildman–Crippen LogP) is 1.96. The first-order chi connectivity index (χ1) is 7.81. The highest BCUT2D eigenvalue weighted by Gasteiger charge is 2.28. The Kier molecular flexibility index (Phi) is 3.80. The zero-order valence-corrected chi connectivity index (χ0v) is 9.90. The standard InChI is InChI=1S/C13H19NO2/c1-14-11-7-13(8-11)16-9-10-3-5-12(15-2)6-4-10/h3-6,11,13-14H,7-9H2,1-2H3. The molecule has 1 saturated carbocycles. The molecule has 1 aliphatic rings. The zero-order valence-electron chi connectivity index (χ0n) is 9.90. The average Bonchev–Trinajstić information content (AvgIpc) is 2.28. The minimum Gasteiger partial charge on any atom is -0.497 e. The van der Waals surface area contributed by atoms with Gasteiger partial charge in [-0.2, -0.15) is 0 Å². The molecular formula is C13H19NO2. The molecule has 0 spiro atoms. The molecule has 3 heteroatoms. The van der Waals surface area contributed by atoms with Crippen LogP contribution in [0.25, 0.3) is 0 Å². The van der Waals surface area contributed by atoms with Crippen LogP contribution in [0, 0.1) is 0 Å². The molecule has 0 radical (unpaired) electrons. The zero-order chi connectivity index (χ0) is 11.4. The van der Waals surface area contributed by atoms with Crippen molar-refractivity contribution in [3.05, 3.63) is 29.8 Å². The highest BCUT2D eigenvalue weighted by atomic mass is 16.5. The maximum atomic E-state index is 5.79. The first-order valence-electron chi connectivity index (χ1n) is 5.73. The third kappa shape index (κ3) is 2.74. The van der Waals surface area contributed by atoms with Gasteiger partial charge in [-0.1, -0.05) is 12.1 Å². The van der Waals surface area contributed by atoms with Crippen LogP contribution in [-0.4, -0.2) is 26.3 Å². The van der Waals surface area contributed by atoms with Crippen molar-refractivity contribution in [2.75, 3.05) is 14.2 Å². The van der Waals surface area contributed by atoms with Crippen LogP contribution in [-0.2, 0) is 11.3 Å². The van der Waals surface area contributed by atoms with E-state index >= 15 is 0 Å². The Morgan fingerprint density at radius 2 is 1.94 bits per heavy atom. The number of hydrogen-bond donors (Lipinski definition) is 1. The molecule has 1 aromatic carbocycles. The van der Waals surface area contributed by atoms with Crippen LogP contribution in [0.3, 0.4) is 0 Å². The van der Waals surface area contributed by atoms with Crippen molar-refractivity contribution in [1.82, 2.24) is 5.32 Å². The summed E-state index contributed by atoms with van der Waals surface area (Å²) >= 11 is 0. The fraction of sp³-hybridized carbons (Fsp3) is 0.538. The van der Waals surface area contributed by atoms with Crippen molar-refractivity contribution in [3.63, 3.8) is 0 Å². The summed E-state index contributed by atoms with van der Waals surface area (Å²) in [4.78, 5) is 0. The molecule has 0 atom stereocenters. The Labute approximate surface area is 96.8 Å². The highest BCUT2D eigenvalue weighted by molar-refractivity contribution is 5.26. The van der Waals surface area contributed by atoms with Crippen molar-refractivity contribution in [2.45, 2.75) is 31.6 Å². The molecule has 1 fully saturated rings. The summed E-state index contributed by atoms with van der Waals surface area (Å²) in [7, 11) is 3.68. The summed E-state index contributed by atoms with van der Waals surface area (Å²) in [5.41, 5.74) is 1.20. The van der Waals surface area contributed by atoms with Crippen molar-refractivity contribution >= 4 is 0 Å². The van der Waals surface area contributed by atoms with E-state index < -0.39 is 0 Å². The lowest BCUT2D eigenvalue weighted by atomic mass is 9.89. The molecule has 1 aliphatic carbocycles. The summed E-state index contributed by atoms with van der Waals surface area (Å²) in [6.07, 6.45) is 2.69. The van der Waals surface area contributed by atoms with Gasteiger partial charge in [-0.05, 0) is 37.6 Å². The SMILES string of the molecule is CNC1CC(OCc2ccc(OC)cc2)C1. The van der Waals surface area contributed by atoms with Crippen LogP contribution in [0.4, 0.5) is 0 Å². The quantitative estimate of drug-likeness (QED) is 0.824. The van der Waals surface area contributed by atoms with Crippen molar-refractivity contribution in [1.29, 1.82) is 0 Å². The summed E-state index contributed by atoms with van der Waals surface area (Å²) in [5, 5.41) is 3.25. The molecule has 0 amide bonds. The number of methoxy groups -OCH3 is 1. The minimum atomic E-state index is 0.430. The van der Waals surface area contributed by atoms with E-state index in [1.165, 1.54) is 5.56 Å². The van der Waals surface area contributed by atoms with Crippen molar-refractivity contribution in [2.24, 2.45) is 0 Å². The van der Waals surface area contributed by atoms with Crippen LogP contribution in [0.2, 0.25) is 0 Å². The van der Waals surface area contributed by atoms with Crippen LogP contribution >= 0.6 is 0 Å². The topological polar surface area (TPSA) is 30.5 Å². The Balaban J connectivity index is 1.73. The van der Waals surface area contributed by atoms with Gasteiger partial charge in [-0.25, -0.2) is 0 Å². The van der Waals surface area contributed by atoms with Gasteiger partial charge < -0.3 is 14.8 Å². The second-order valence-corrected chi connectivity index (χ2v) is 4.24. The predicted molar refractivity (Wildman–Crippen MR) is 63.7 cm³/mol. The number of nitrogens with one attached hydrogen (secondary N) is 1. The van der Waals surface area contributed by atoms with E-state index in [2.05, 4.69) is 5.32 Å². The first kappa shape index (κ1) is 11.4. The normalized spacial score (nSPS) is 23.9. The molecule has 0 bridgehead atoms. The summed E-state index contributed by atoms with van der Waals surface area (Å²) in [5.74, 6) is 0.891. The van der Waals surface area contributed by atoms with Gasteiger partial charge in [0.2, 0.25) is 0 Å². The summed E-state index contributed by atoms with van der Waals surface area (Å²) < 4.78 is 10.9. The van der Waals surface area contributed by atoms with E-state index in [1.54, 1.807) is 7.11 Å². The van der Waals surface area contributed by atoms with E-state index in [1.807, 2.05) is 31.3 Å². The van der Waals surface area contributed by atoms with Crippen LogP contribution < -0.4 is 10.1 Å². The average molecular weight is 221 g/mol. The highest BCUT2D eigenvalue weighted by Crippen LogP contribution is 2.24. The lowest BCUT2D eigenvalue weighted by Gasteiger charge is -2.34. The molecule has 2 rings (SSSR count). The van der Waals surface area contributed by atoms with Gasteiger partial charge in [0.05, 0.1) is 19.8 Å². The second-order valence-electron chi connectivity index (χ2n) is 4.24. The number of benzene rings is 1. The Hall–Kier alpha value is -1.06. The van der Waals surface area contributed by atoms with Gasteiger partial charge >= 0.3 is 0 Å². The van der Waals surface area contributed by atoms with Gasteiger partial charge in [0.1, 0.15) is 5.75 Å². The van der Waals surface area contributed by atoms with Crippen molar-refractivity contribution < 1.29 is 9.47 Å². The Bertz CT molecular complexity index is 317. The van der Waals surface area contributed by atoms with Crippen LogP contribution in [0.5, 0.6) is 5.75 Å². The fourth-order valence-electron chi connectivity index (χ4n) is 1.87. The second kappa shape index (κ2) is 5.32. The smallest absolute Gasteiger partial charge is 0.118 e. The third-order valence-corrected chi connectivity index (χ3v) is 3.15. The van der Waals surface area contributed by atoms with E-state index in [9.17, 15) is 0 Å². The van der Waals surface area contributed by atoms with Gasteiger partial charge in [0.15, 0.2) is 0 Å². The van der Waals surface area contributed by atoms with E-state index in [4.69, 9.17) is 9.47 Å². The molecular weight excluding hydrogens is 202 g/mol. The fourth-order valence-corrected chi connectivity index (χ4v) is 1.87. The number of ether oxygens (including phenoxy) is 2.